The predicted octanol–water partition coefficient (Wildman–Crippen LogP) is 3.83. The number of halogens is 4. The Labute approximate surface area is 103 Å². The summed E-state index contributed by atoms with van der Waals surface area (Å²) in [7, 11) is 0. The molecular weight excluding hydrogens is 251 g/mol. The molecule has 1 nitrogen and oxygen atoms in total. The van der Waals surface area contributed by atoms with Gasteiger partial charge in [0, 0.05) is 11.6 Å². The molecule has 0 spiro atoms. The Hall–Kier alpha value is -0.740. The van der Waals surface area contributed by atoms with Gasteiger partial charge in [0.2, 0.25) is 0 Å². The van der Waals surface area contributed by atoms with Crippen LogP contribution in [0.1, 0.15) is 29.9 Å². The van der Waals surface area contributed by atoms with Gasteiger partial charge in [0.05, 0.1) is 5.56 Å². The van der Waals surface area contributed by atoms with E-state index in [-0.39, 0.29) is 5.92 Å². The van der Waals surface area contributed by atoms with Crippen LogP contribution in [-0.4, -0.2) is 13.1 Å². The van der Waals surface area contributed by atoms with E-state index in [1.165, 1.54) is 12.1 Å². The summed E-state index contributed by atoms with van der Waals surface area (Å²) >= 11 is 5.80. The van der Waals surface area contributed by atoms with Gasteiger partial charge in [0.1, 0.15) is 0 Å². The molecule has 5 heteroatoms. The standard InChI is InChI=1S/C12H13ClF3N/c13-9-3-4-11(12(14,15)16)10(6-9)8-2-1-5-17-7-8/h3-4,6,8,17H,1-2,5,7H2. The van der Waals surface area contributed by atoms with Crippen molar-refractivity contribution in [2.45, 2.75) is 24.9 Å². The first kappa shape index (κ1) is 12.7. The molecular formula is C12H13ClF3N. The molecule has 1 fully saturated rings. The maximum Gasteiger partial charge on any atom is 0.416 e. The molecule has 0 aromatic heterocycles. The van der Waals surface area contributed by atoms with Crippen LogP contribution in [-0.2, 0) is 6.18 Å². The summed E-state index contributed by atoms with van der Waals surface area (Å²) in [6.07, 6.45) is -2.64. The Bertz CT molecular complexity index is 397. The molecule has 1 unspecified atom stereocenters. The fraction of sp³-hybridized carbons (Fsp3) is 0.500. The summed E-state index contributed by atoms with van der Waals surface area (Å²) in [6, 6.07) is 3.82. The lowest BCUT2D eigenvalue weighted by molar-refractivity contribution is -0.138. The van der Waals surface area contributed by atoms with Gasteiger partial charge >= 0.3 is 6.18 Å². The fourth-order valence-corrected chi connectivity index (χ4v) is 2.43. The highest BCUT2D eigenvalue weighted by molar-refractivity contribution is 6.30. The molecule has 0 aliphatic carbocycles. The molecule has 94 valence electrons. The molecule has 0 bridgehead atoms. The number of hydrogen-bond donors (Lipinski definition) is 1. The van der Waals surface area contributed by atoms with Crippen LogP contribution in [0.15, 0.2) is 18.2 Å². The summed E-state index contributed by atoms with van der Waals surface area (Å²) in [5.41, 5.74) is -0.243. The highest BCUT2D eigenvalue weighted by atomic mass is 35.5. The topological polar surface area (TPSA) is 12.0 Å². The monoisotopic (exact) mass is 263 g/mol. The van der Waals surface area contributed by atoms with Gasteiger partial charge in [-0.05, 0) is 49.1 Å². The van der Waals surface area contributed by atoms with Gasteiger partial charge in [0.15, 0.2) is 0 Å². The van der Waals surface area contributed by atoms with Crippen molar-refractivity contribution in [2.24, 2.45) is 0 Å². The number of piperidine rings is 1. The molecule has 0 radical (unpaired) electrons. The van der Waals surface area contributed by atoms with E-state index in [2.05, 4.69) is 5.32 Å². The second-order valence-electron chi connectivity index (χ2n) is 4.27. The van der Waals surface area contributed by atoms with Crippen LogP contribution in [0.25, 0.3) is 0 Å². The number of hydrogen-bond acceptors (Lipinski definition) is 1. The molecule has 1 atom stereocenters. The minimum Gasteiger partial charge on any atom is -0.316 e. The predicted molar refractivity (Wildman–Crippen MR) is 61.3 cm³/mol. The van der Waals surface area contributed by atoms with E-state index in [1.54, 1.807) is 0 Å². The summed E-state index contributed by atoms with van der Waals surface area (Å²) in [6.45, 7) is 1.46. The van der Waals surface area contributed by atoms with Crippen molar-refractivity contribution in [3.05, 3.63) is 34.3 Å². The second-order valence-corrected chi connectivity index (χ2v) is 4.71. The molecule has 1 saturated heterocycles. The number of benzene rings is 1. The molecule has 1 aromatic carbocycles. The number of rotatable bonds is 1. The molecule has 1 aliphatic rings. The Morgan fingerprint density at radius 1 is 1.29 bits per heavy atom. The lowest BCUT2D eigenvalue weighted by Crippen LogP contribution is -2.29. The van der Waals surface area contributed by atoms with Crippen molar-refractivity contribution in [1.29, 1.82) is 0 Å². The Morgan fingerprint density at radius 3 is 2.65 bits per heavy atom. The van der Waals surface area contributed by atoms with Gasteiger partial charge in [-0.15, -0.1) is 0 Å². The maximum atomic E-state index is 12.9. The third-order valence-corrected chi connectivity index (χ3v) is 3.29. The molecule has 17 heavy (non-hydrogen) atoms. The second kappa shape index (κ2) is 4.86. The zero-order valence-electron chi connectivity index (χ0n) is 9.15. The summed E-state index contributed by atoms with van der Waals surface area (Å²) in [5, 5.41) is 3.48. The van der Waals surface area contributed by atoms with Crippen LogP contribution in [0.2, 0.25) is 5.02 Å². The average molecular weight is 264 g/mol. The van der Waals surface area contributed by atoms with Crippen molar-refractivity contribution in [2.75, 3.05) is 13.1 Å². The number of alkyl halides is 3. The first-order valence-corrected chi connectivity index (χ1v) is 5.93. The van der Waals surface area contributed by atoms with Crippen molar-refractivity contribution in [1.82, 2.24) is 5.32 Å². The summed E-state index contributed by atoms with van der Waals surface area (Å²) in [5.74, 6) is -0.0981. The van der Waals surface area contributed by atoms with Crippen LogP contribution in [0.5, 0.6) is 0 Å². The van der Waals surface area contributed by atoms with E-state index < -0.39 is 11.7 Å². The van der Waals surface area contributed by atoms with Crippen LogP contribution in [0.3, 0.4) is 0 Å². The maximum absolute atomic E-state index is 12.9. The smallest absolute Gasteiger partial charge is 0.316 e. The van der Waals surface area contributed by atoms with Gasteiger partial charge in [-0.2, -0.15) is 13.2 Å². The fourth-order valence-electron chi connectivity index (χ4n) is 2.25. The van der Waals surface area contributed by atoms with E-state index in [1.807, 2.05) is 0 Å². The van der Waals surface area contributed by atoms with Crippen molar-refractivity contribution >= 4 is 11.6 Å². The average Bonchev–Trinajstić information content (AvgIpc) is 2.28. The van der Waals surface area contributed by atoms with E-state index in [9.17, 15) is 13.2 Å². The molecule has 1 N–H and O–H groups in total. The van der Waals surface area contributed by atoms with Gasteiger partial charge in [-0.3, -0.25) is 0 Å². The molecule has 0 saturated carbocycles. The SMILES string of the molecule is FC(F)(F)c1ccc(Cl)cc1C1CCCNC1. The van der Waals surface area contributed by atoms with Crippen LogP contribution < -0.4 is 5.32 Å². The van der Waals surface area contributed by atoms with Crippen LogP contribution in [0.4, 0.5) is 13.2 Å². The zero-order valence-corrected chi connectivity index (χ0v) is 9.91. The third-order valence-electron chi connectivity index (χ3n) is 3.06. The lowest BCUT2D eigenvalue weighted by Gasteiger charge is -2.26. The highest BCUT2D eigenvalue weighted by Gasteiger charge is 2.35. The van der Waals surface area contributed by atoms with Gasteiger partial charge in [-0.25, -0.2) is 0 Å². The Kier molecular flexibility index (Phi) is 3.64. The Morgan fingerprint density at radius 2 is 2.06 bits per heavy atom. The van der Waals surface area contributed by atoms with E-state index in [0.717, 1.165) is 25.5 Å². The van der Waals surface area contributed by atoms with E-state index >= 15 is 0 Å². The summed E-state index contributed by atoms with van der Waals surface area (Å²) < 4.78 is 38.6. The molecule has 2 rings (SSSR count). The molecule has 0 amide bonds. The van der Waals surface area contributed by atoms with Gasteiger partial charge in [0.25, 0.3) is 0 Å². The minimum absolute atomic E-state index is 0.0981. The van der Waals surface area contributed by atoms with E-state index in [0.29, 0.717) is 17.1 Å². The van der Waals surface area contributed by atoms with Crippen molar-refractivity contribution < 1.29 is 13.2 Å². The van der Waals surface area contributed by atoms with Crippen molar-refractivity contribution in [3.63, 3.8) is 0 Å². The largest absolute Gasteiger partial charge is 0.416 e. The number of nitrogens with one attached hydrogen (secondary N) is 1. The molecule has 1 aliphatic heterocycles. The minimum atomic E-state index is -4.31. The quantitative estimate of drug-likeness (QED) is 0.812. The van der Waals surface area contributed by atoms with Gasteiger partial charge in [-0.1, -0.05) is 11.6 Å². The van der Waals surface area contributed by atoms with Crippen LogP contribution >= 0.6 is 11.6 Å². The lowest BCUT2D eigenvalue weighted by atomic mass is 9.88. The molecule has 1 heterocycles. The summed E-state index contributed by atoms with van der Waals surface area (Å²) in [4.78, 5) is 0. The normalized spacial score (nSPS) is 21.5. The Balaban J connectivity index is 2.39. The van der Waals surface area contributed by atoms with Crippen molar-refractivity contribution in [3.8, 4) is 0 Å². The highest BCUT2D eigenvalue weighted by Crippen LogP contribution is 2.38. The molecule has 1 aromatic rings. The van der Waals surface area contributed by atoms with Gasteiger partial charge < -0.3 is 5.32 Å². The zero-order chi connectivity index (χ0) is 12.5. The first-order chi connectivity index (χ1) is 7.98. The first-order valence-electron chi connectivity index (χ1n) is 5.56. The van der Waals surface area contributed by atoms with Crippen LogP contribution in [0, 0.1) is 0 Å². The van der Waals surface area contributed by atoms with E-state index in [4.69, 9.17) is 11.6 Å². The third kappa shape index (κ3) is 2.93.